The van der Waals surface area contributed by atoms with Gasteiger partial charge >= 0.3 is 5.97 Å². The Morgan fingerprint density at radius 2 is 1.84 bits per heavy atom. The Kier molecular flexibility index (Phi) is 9.72. The van der Waals surface area contributed by atoms with Gasteiger partial charge in [-0.3, -0.25) is 14.2 Å². The van der Waals surface area contributed by atoms with Crippen LogP contribution in [0.5, 0.6) is 5.75 Å². The average molecular weight is 624 g/mol. The van der Waals surface area contributed by atoms with Crippen LogP contribution in [0.25, 0.3) is 5.69 Å². The number of benzene rings is 2. The molecule has 2 N–H and O–H groups in total. The molecule has 4 aromatic rings. The number of halogens is 1. The van der Waals surface area contributed by atoms with E-state index in [2.05, 4.69) is 20.8 Å². The number of ether oxygens (including phenoxy) is 2. The standard InChI is InChI=1S/C30H30FN5O5S2/c1-3-40-19-14-12-18(13-15-19)36-24(16-32-27(38)20-8-5-6-10-22(20)31)34-35-30(36)42-17-25(37)33-28-26(29(39)41-4-2)21-9-7-11-23(21)43-28/h5-6,8,10,12-15H,3-4,7,9,11,16-17H2,1-2H3,(H,32,38)(H,33,37). The zero-order valence-corrected chi connectivity index (χ0v) is 25.3. The second-order valence-corrected chi connectivity index (χ2v) is 11.5. The predicted molar refractivity (Wildman–Crippen MR) is 162 cm³/mol. The Balaban J connectivity index is 1.34. The summed E-state index contributed by atoms with van der Waals surface area (Å²) in [5, 5.41) is 15.0. The number of thioether (sulfide) groups is 1. The third-order valence-corrected chi connectivity index (χ3v) is 8.75. The second-order valence-electron chi connectivity index (χ2n) is 9.44. The molecule has 2 aromatic heterocycles. The lowest BCUT2D eigenvalue weighted by Gasteiger charge is -2.12. The maximum Gasteiger partial charge on any atom is 0.341 e. The van der Waals surface area contributed by atoms with Crippen molar-refractivity contribution in [3.05, 3.63) is 81.7 Å². The van der Waals surface area contributed by atoms with Crippen molar-refractivity contribution in [2.75, 3.05) is 24.3 Å². The molecule has 2 heterocycles. The zero-order valence-electron chi connectivity index (χ0n) is 23.6. The van der Waals surface area contributed by atoms with Crippen LogP contribution in [0.3, 0.4) is 0 Å². The van der Waals surface area contributed by atoms with Crippen molar-refractivity contribution in [1.82, 2.24) is 20.1 Å². The molecule has 0 unspecified atom stereocenters. The minimum absolute atomic E-state index is 0.0123. The fourth-order valence-corrected chi connectivity index (χ4v) is 6.79. The first-order chi connectivity index (χ1) is 20.9. The minimum Gasteiger partial charge on any atom is -0.494 e. The molecular weight excluding hydrogens is 593 g/mol. The summed E-state index contributed by atoms with van der Waals surface area (Å²) in [7, 11) is 0. The van der Waals surface area contributed by atoms with E-state index in [1.165, 1.54) is 29.5 Å². The summed E-state index contributed by atoms with van der Waals surface area (Å²) in [6.45, 7) is 4.37. The fourth-order valence-electron chi connectivity index (χ4n) is 4.73. The molecule has 0 saturated carbocycles. The van der Waals surface area contributed by atoms with E-state index in [4.69, 9.17) is 9.47 Å². The molecule has 43 heavy (non-hydrogen) atoms. The zero-order chi connectivity index (χ0) is 30.3. The maximum atomic E-state index is 14.1. The monoisotopic (exact) mass is 623 g/mol. The molecule has 10 nitrogen and oxygen atoms in total. The van der Waals surface area contributed by atoms with Gasteiger partial charge in [-0.25, -0.2) is 9.18 Å². The molecule has 2 amide bonds. The fraction of sp³-hybridized carbons (Fsp3) is 0.300. The quantitative estimate of drug-likeness (QED) is 0.163. The van der Waals surface area contributed by atoms with Gasteiger partial charge in [-0.2, -0.15) is 0 Å². The summed E-state index contributed by atoms with van der Waals surface area (Å²) < 4.78 is 26.7. The predicted octanol–water partition coefficient (Wildman–Crippen LogP) is 5.19. The van der Waals surface area contributed by atoms with Crippen molar-refractivity contribution in [2.24, 2.45) is 0 Å². The summed E-state index contributed by atoms with van der Waals surface area (Å²) in [6.07, 6.45) is 2.63. The molecule has 13 heteroatoms. The lowest BCUT2D eigenvalue weighted by Crippen LogP contribution is -2.25. The van der Waals surface area contributed by atoms with Crippen molar-refractivity contribution in [2.45, 2.75) is 44.8 Å². The van der Waals surface area contributed by atoms with Crippen LogP contribution in [-0.2, 0) is 28.9 Å². The third-order valence-electron chi connectivity index (χ3n) is 6.62. The summed E-state index contributed by atoms with van der Waals surface area (Å²) in [6, 6.07) is 13.0. The maximum absolute atomic E-state index is 14.1. The van der Waals surface area contributed by atoms with Gasteiger partial charge in [0.1, 0.15) is 16.6 Å². The molecule has 2 aromatic carbocycles. The van der Waals surface area contributed by atoms with Crippen molar-refractivity contribution < 1.29 is 28.2 Å². The summed E-state index contributed by atoms with van der Waals surface area (Å²) in [5.74, 6) is -0.904. The van der Waals surface area contributed by atoms with Gasteiger partial charge in [0, 0.05) is 10.6 Å². The van der Waals surface area contributed by atoms with E-state index >= 15 is 0 Å². The lowest BCUT2D eigenvalue weighted by atomic mass is 10.1. The normalized spacial score (nSPS) is 12.1. The van der Waals surface area contributed by atoms with Gasteiger partial charge in [0.2, 0.25) is 5.91 Å². The molecule has 0 bridgehead atoms. The Morgan fingerprint density at radius 1 is 1.05 bits per heavy atom. The van der Waals surface area contributed by atoms with E-state index in [1.807, 2.05) is 19.1 Å². The Labute approximate surface area is 256 Å². The number of carbonyl (C=O) groups excluding carboxylic acids is 3. The van der Waals surface area contributed by atoms with Crippen LogP contribution in [0.4, 0.5) is 9.39 Å². The van der Waals surface area contributed by atoms with Crippen LogP contribution in [0.1, 0.15) is 57.2 Å². The highest BCUT2D eigenvalue weighted by atomic mass is 32.2. The highest BCUT2D eigenvalue weighted by Gasteiger charge is 2.28. The van der Waals surface area contributed by atoms with Gasteiger partial charge in [0.25, 0.3) is 5.91 Å². The van der Waals surface area contributed by atoms with Gasteiger partial charge in [-0.1, -0.05) is 23.9 Å². The number of anilines is 1. The topological polar surface area (TPSA) is 124 Å². The highest BCUT2D eigenvalue weighted by Crippen LogP contribution is 2.39. The van der Waals surface area contributed by atoms with Gasteiger partial charge in [-0.05, 0) is 75.1 Å². The third kappa shape index (κ3) is 6.89. The number of aromatic nitrogens is 3. The van der Waals surface area contributed by atoms with Crippen LogP contribution in [0, 0.1) is 5.82 Å². The molecular formula is C30H30FN5O5S2. The van der Waals surface area contributed by atoms with E-state index in [0.29, 0.717) is 39.6 Å². The van der Waals surface area contributed by atoms with E-state index in [-0.39, 0.29) is 30.4 Å². The largest absolute Gasteiger partial charge is 0.494 e. The molecule has 0 radical (unpaired) electrons. The summed E-state index contributed by atoms with van der Waals surface area (Å²) >= 11 is 2.57. The Hall–Kier alpha value is -4.23. The molecule has 0 saturated heterocycles. The Bertz CT molecular complexity index is 1640. The molecule has 224 valence electrons. The van der Waals surface area contributed by atoms with E-state index in [9.17, 15) is 18.8 Å². The number of amides is 2. The van der Waals surface area contributed by atoms with Crippen molar-refractivity contribution in [1.29, 1.82) is 0 Å². The van der Waals surface area contributed by atoms with Gasteiger partial charge in [0.15, 0.2) is 11.0 Å². The minimum atomic E-state index is -0.627. The van der Waals surface area contributed by atoms with Crippen LogP contribution in [0.15, 0.2) is 53.7 Å². The first kappa shape index (κ1) is 30.2. The van der Waals surface area contributed by atoms with Crippen LogP contribution in [-0.4, -0.2) is 51.5 Å². The summed E-state index contributed by atoms with van der Waals surface area (Å²) in [4.78, 5) is 39.5. The number of carbonyl (C=O) groups is 3. The van der Waals surface area contributed by atoms with Crippen LogP contribution in [0.2, 0.25) is 0 Å². The molecule has 5 rings (SSSR count). The molecule has 0 atom stereocenters. The number of fused-ring (bicyclic) bond motifs is 1. The van der Waals surface area contributed by atoms with E-state index in [0.717, 1.165) is 41.5 Å². The van der Waals surface area contributed by atoms with Gasteiger partial charge in [0.05, 0.1) is 36.6 Å². The van der Waals surface area contributed by atoms with Crippen molar-refractivity contribution in [3.8, 4) is 11.4 Å². The summed E-state index contributed by atoms with van der Waals surface area (Å²) in [5.41, 5.74) is 2.01. The first-order valence-electron chi connectivity index (χ1n) is 13.8. The molecule has 0 aliphatic heterocycles. The lowest BCUT2D eigenvalue weighted by molar-refractivity contribution is -0.113. The van der Waals surface area contributed by atoms with E-state index < -0.39 is 17.7 Å². The van der Waals surface area contributed by atoms with Crippen molar-refractivity contribution in [3.63, 3.8) is 0 Å². The highest BCUT2D eigenvalue weighted by molar-refractivity contribution is 7.99. The number of nitrogens with one attached hydrogen (secondary N) is 2. The molecule has 0 spiro atoms. The smallest absolute Gasteiger partial charge is 0.341 e. The average Bonchev–Trinajstić information content (AvgIpc) is 3.70. The van der Waals surface area contributed by atoms with Gasteiger partial charge in [-0.15, -0.1) is 21.5 Å². The van der Waals surface area contributed by atoms with Crippen LogP contribution >= 0.6 is 23.1 Å². The number of rotatable bonds is 12. The van der Waals surface area contributed by atoms with Crippen LogP contribution < -0.4 is 15.4 Å². The molecule has 1 aliphatic rings. The molecule has 1 aliphatic carbocycles. The van der Waals surface area contributed by atoms with E-state index in [1.54, 1.807) is 29.7 Å². The number of thiophene rings is 1. The SMILES string of the molecule is CCOC(=O)c1c(NC(=O)CSc2nnc(CNC(=O)c3ccccc3F)n2-c2ccc(OCC)cc2)sc2c1CCC2. The van der Waals surface area contributed by atoms with Crippen molar-refractivity contribution >= 4 is 45.9 Å². The number of hydrogen-bond donors (Lipinski definition) is 2. The number of esters is 1. The first-order valence-corrected chi connectivity index (χ1v) is 15.6. The second kappa shape index (κ2) is 13.8. The molecule has 0 fully saturated rings. The number of aryl methyl sites for hydroxylation is 1. The number of hydrogen-bond acceptors (Lipinski definition) is 9. The Morgan fingerprint density at radius 3 is 2.58 bits per heavy atom. The van der Waals surface area contributed by atoms with Gasteiger partial charge < -0.3 is 20.1 Å². The number of nitrogens with zero attached hydrogens (tertiary/aromatic N) is 3.